The van der Waals surface area contributed by atoms with Gasteiger partial charge in [0.05, 0.1) is 151 Å². The first kappa shape index (κ1) is 96.8. The number of nitrogens with zero attached hydrogens (tertiary/aromatic N) is 11. The second-order valence-electron chi connectivity index (χ2n) is 25.2. The van der Waals surface area contributed by atoms with Gasteiger partial charge in [-0.3, -0.25) is 19.9 Å². The van der Waals surface area contributed by atoms with E-state index in [2.05, 4.69) is 64.1 Å². The standard InChI is InChI=1S/C16H13FN2.2C16H11N3.C15H9N3.4C5H12O2.4Ir/c1-10-7-11(2)16(18-9-10)15-5-3-12-8-13(17)4-6-14(12)19-15;1-11-2-5-15(18-10-11)16-7-4-13-8-12(9-17)3-6-14(13)19-16;1-11-3-2-4-15(18-11)16-8-6-13-9-12(10-17)5-7-14(13)19-16;16-10-11-4-6-13-12(9-11)5-7-15(18-13)14-3-1-2-8-17-14;4*1-4(6)3-5(2)7;;;;/h3-9H,1-2H3;2-8,10H,1H3;2-9H,1H3;1-9H;4*4-7H,3H2,1-2H3;;;;. The molecule has 4 aromatic carbocycles. The molecule has 0 spiro atoms. The van der Waals surface area contributed by atoms with Crippen molar-refractivity contribution in [2.75, 3.05) is 0 Å². The molecule has 0 bridgehead atoms. The molecule has 8 atom stereocenters. The van der Waals surface area contributed by atoms with Crippen molar-refractivity contribution in [2.24, 2.45) is 0 Å². The quantitative estimate of drug-likeness (QED) is 0.0563. The fourth-order valence-electron chi connectivity index (χ4n) is 10.0. The third kappa shape index (κ3) is 35.6. The third-order valence-electron chi connectivity index (χ3n) is 14.5. The van der Waals surface area contributed by atoms with Crippen LogP contribution < -0.4 is 0 Å². The van der Waals surface area contributed by atoms with Crippen LogP contribution in [0.1, 0.15) is 120 Å². The third-order valence-corrected chi connectivity index (χ3v) is 14.5. The molecule has 570 valence electrons. The van der Waals surface area contributed by atoms with E-state index in [0.717, 1.165) is 112 Å². The number of aliphatic hydroxyl groups excluding tert-OH is 8. The van der Waals surface area contributed by atoms with E-state index in [0.29, 0.717) is 42.4 Å². The number of halogens is 1. The number of nitriles is 3. The van der Waals surface area contributed by atoms with Crippen LogP contribution in [0, 0.1) is 67.5 Å². The van der Waals surface area contributed by atoms with Gasteiger partial charge in [0, 0.05) is 126 Å². The Labute approximate surface area is 680 Å². The van der Waals surface area contributed by atoms with Crippen LogP contribution in [0.25, 0.3) is 89.2 Å². The zero-order valence-electron chi connectivity index (χ0n) is 61.6. The first-order valence-electron chi connectivity index (χ1n) is 33.7. The SMILES string of the molecule is CC(O)CC(C)O.CC(O)CC(C)O.CC(O)CC(C)O.CC(O)CC(C)O.Cc1ccc(-c2ccc3cc(C#N)ccc3n2)nc1.Cc1cccc(-c2ccc3cc(C#N)ccc3n2)n1.Cc1cnc(-c2ccc3cc(F)ccc3n2)c(C)c1.N#Cc1ccc2nc(-c3ccccn3)ccc2c1.[Ir].[Ir].[Ir].[Ir]. The zero-order valence-corrected chi connectivity index (χ0v) is 71.2. The number of benzene rings is 4. The van der Waals surface area contributed by atoms with Crippen molar-refractivity contribution in [2.45, 2.75) is 158 Å². The van der Waals surface area contributed by atoms with Gasteiger partial charge in [0.15, 0.2) is 0 Å². The molecule has 0 saturated heterocycles. The maximum Gasteiger partial charge on any atom is 0.123 e. The van der Waals surface area contributed by atoms with Gasteiger partial charge in [-0.05, 0) is 253 Å². The van der Waals surface area contributed by atoms with Gasteiger partial charge < -0.3 is 40.9 Å². The molecule has 8 N–H and O–H groups in total. The van der Waals surface area contributed by atoms with Gasteiger partial charge >= 0.3 is 0 Å². The molecular formula is C83H92FIr4N11O8. The van der Waals surface area contributed by atoms with Crippen molar-refractivity contribution in [3.8, 4) is 63.8 Å². The smallest absolute Gasteiger partial charge is 0.123 e. The van der Waals surface area contributed by atoms with E-state index in [-0.39, 0.29) is 135 Å². The maximum atomic E-state index is 13.1. The molecule has 0 amide bonds. The molecule has 12 rings (SSSR count). The number of hydrogen-bond donors (Lipinski definition) is 8. The van der Waals surface area contributed by atoms with Crippen molar-refractivity contribution in [3.63, 3.8) is 0 Å². The molecule has 0 fully saturated rings. The van der Waals surface area contributed by atoms with Crippen LogP contribution in [0.4, 0.5) is 4.39 Å². The van der Waals surface area contributed by atoms with Gasteiger partial charge in [0.25, 0.3) is 0 Å². The van der Waals surface area contributed by atoms with E-state index in [9.17, 15) is 4.39 Å². The average Bonchev–Trinajstić information content (AvgIpc) is 0.839. The summed E-state index contributed by atoms with van der Waals surface area (Å²) in [6.07, 6.45) is 4.30. The summed E-state index contributed by atoms with van der Waals surface area (Å²) in [5.41, 5.74) is 16.5. The summed E-state index contributed by atoms with van der Waals surface area (Å²) in [7, 11) is 0. The Morgan fingerprint density at radius 1 is 0.327 bits per heavy atom. The van der Waals surface area contributed by atoms with Crippen LogP contribution in [0.3, 0.4) is 0 Å². The van der Waals surface area contributed by atoms with Gasteiger partial charge in [-0.15, -0.1) is 0 Å². The molecule has 107 heavy (non-hydrogen) atoms. The van der Waals surface area contributed by atoms with Crippen molar-refractivity contribution >= 4 is 43.6 Å². The van der Waals surface area contributed by atoms with E-state index in [1.165, 1.54) is 12.1 Å². The minimum absolute atomic E-state index is 0. The minimum Gasteiger partial charge on any atom is -0.393 e. The molecule has 24 heteroatoms. The predicted octanol–water partition coefficient (Wildman–Crippen LogP) is 14.7. The largest absolute Gasteiger partial charge is 0.393 e. The van der Waals surface area contributed by atoms with Gasteiger partial charge in [-0.25, -0.2) is 24.3 Å². The minimum atomic E-state index is -0.375. The number of aromatic nitrogens is 8. The van der Waals surface area contributed by atoms with Crippen molar-refractivity contribution in [1.82, 2.24) is 39.9 Å². The Morgan fingerprint density at radius 3 is 1.01 bits per heavy atom. The molecule has 0 aliphatic rings. The predicted molar refractivity (Wildman–Crippen MR) is 405 cm³/mol. The van der Waals surface area contributed by atoms with Gasteiger partial charge in [-0.1, -0.05) is 48.5 Å². The van der Waals surface area contributed by atoms with Crippen LogP contribution in [0.2, 0.25) is 0 Å². The molecule has 19 nitrogen and oxygen atoms in total. The molecular weight excluding hydrogens is 2070 g/mol. The number of pyridine rings is 8. The van der Waals surface area contributed by atoms with E-state index < -0.39 is 0 Å². The second kappa shape index (κ2) is 50.4. The van der Waals surface area contributed by atoms with Crippen LogP contribution in [-0.4, -0.2) is 130 Å². The van der Waals surface area contributed by atoms with E-state index in [1.807, 2.05) is 174 Å². The van der Waals surface area contributed by atoms with Crippen molar-refractivity contribution < 1.29 is 126 Å². The van der Waals surface area contributed by atoms with Gasteiger partial charge in [-0.2, -0.15) is 15.8 Å². The molecule has 4 radical (unpaired) electrons. The van der Waals surface area contributed by atoms with Crippen LogP contribution >= 0.6 is 0 Å². The summed E-state index contributed by atoms with van der Waals surface area (Å²) >= 11 is 0. The first-order valence-corrected chi connectivity index (χ1v) is 33.7. The maximum absolute atomic E-state index is 13.1. The van der Waals surface area contributed by atoms with Crippen molar-refractivity contribution in [1.29, 1.82) is 15.8 Å². The van der Waals surface area contributed by atoms with E-state index in [4.69, 9.17) is 56.6 Å². The zero-order chi connectivity index (χ0) is 75.7. The normalized spacial score (nSPS) is 12.2. The Balaban J connectivity index is 0.000000632. The average molecular weight is 2160 g/mol. The summed E-state index contributed by atoms with van der Waals surface area (Å²) in [5.74, 6) is -0.244. The molecule has 12 aromatic rings. The number of aliphatic hydroxyl groups is 8. The molecule has 0 aliphatic carbocycles. The van der Waals surface area contributed by atoms with Gasteiger partial charge in [0.2, 0.25) is 0 Å². The first-order chi connectivity index (χ1) is 49.0. The Bertz CT molecular complexity index is 4690. The number of rotatable bonds is 12. The van der Waals surface area contributed by atoms with Gasteiger partial charge in [0.1, 0.15) is 5.82 Å². The molecule has 0 aliphatic heterocycles. The van der Waals surface area contributed by atoms with Crippen molar-refractivity contribution in [3.05, 3.63) is 239 Å². The summed E-state index contributed by atoms with van der Waals surface area (Å²) in [4.78, 5) is 35.8. The summed E-state index contributed by atoms with van der Waals surface area (Å²) in [6, 6.07) is 60.6. The second-order valence-corrected chi connectivity index (χ2v) is 25.2. The number of fused-ring (bicyclic) bond motifs is 4. The molecule has 0 saturated carbocycles. The van der Waals surface area contributed by atoms with E-state index in [1.54, 1.807) is 85.9 Å². The summed E-state index contributed by atoms with van der Waals surface area (Å²) < 4.78 is 13.1. The summed E-state index contributed by atoms with van der Waals surface area (Å²) in [5, 5.41) is 98.8. The Kier molecular flexibility index (Phi) is 45.6. The number of aryl methyl sites for hydroxylation is 4. The fourth-order valence-corrected chi connectivity index (χ4v) is 10.0. The topological polar surface area (TPSA) is 336 Å². The Hall–Kier alpha value is -8.20. The summed E-state index contributed by atoms with van der Waals surface area (Å²) in [6.45, 7) is 21.3. The van der Waals surface area contributed by atoms with Crippen LogP contribution in [0.5, 0.6) is 0 Å². The molecule has 8 aromatic heterocycles. The fraction of sp³-hybridized carbons (Fsp3) is 0.289. The molecule has 8 heterocycles. The number of hydrogen-bond acceptors (Lipinski definition) is 19. The Morgan fingerprint density at radius 2 is 0.664 bits per heavy atom. The monoisotopic (exact) mass is 2160 g/mol. The molecule has 8 unspecified atom stereocenters. The van der Waals surface area contributed by atoms with Crippen LogP contribution in [0.15, 0.2) is 195 Å². The van der Waals surface area contributed by atoms with E-state index >= 15 is 0 Å². The van der Waals surface area contributed by atoms with Crippen LogP contribution in [-0.2, 0) is 80.4 Å².